The monoisotopic (exact) mass is 302 g/mol. The van der Waals surface area contributed by atoms with Crippen LogP contribution in [0, 0.1) is 0 Å². The SMILES string of the molecule is N/C(=N/O)c1c(Br)cccc1SC1COC1. The van der Waals surface area contributed by atoms with E-state index in [-0.39, 0.29) is 5.84 Å². The van der Waals surface area contributed by atoms with Crippen molar-refractivity contribution in [2.45, 2.75) is 10.1 Å². The maximum absolute atomic E-state index is 8.75. The van der Waals surface area contributed by atoms with Gasteiger partial charge >= 0.3 is 0 Å². The fourth-order valence-corrected chi connectivity index (χ4v) is 3.24. The van der Waals surface area contributed by atoms with Crippen molar-refractivity contribution in [3.05, 3.63) is 28.2 Å². The van der Waals surface area contributed by atoms with Crippen molar-refractivity contribution >= 4 is 33.5 Å². The molecule has 1 aromatic rings. The zero-order valence-electron chi connectivity index (χ0n) is 8.39. The first-order valence-corrected chi connectivity index (χ1v) is 6.40. The topological polar surface area (TPSA) is 67.8 Å². The normalized spacial score (nSPS) is 17.2. The molecule has 0 spiro atoms. The summed E-state index contributed by atoms with van der Waals surface area (Å²) in [5.74, 6) is 0.121. The number of thioether (sulfide) groups is 1. The molecule has 86 valence electrons. The van der Waals surface area contributed by atoms with E-state index in [0.29, 0.717) is 5.25 Å². The van der Waals surface area contributed by atoms with Crippen LogP contribution in [0.5, 0.6) is 0 Å². The van der Waals surface area contributed by atoms with Crippen molar-refractivity contribution < 1.29 is 9.94 Å². The third-order valence-electron chi connectivity index (χ3n) is 2.24. The maximum Gasteiger partial charge on any atom is 0.172 e. The van der Waals surface area contributed by atoms with E-state index < -0.39 is 0 Å². The zero-order chi connectivity index (χ0) is 11.5. The summed E-state index contributed by atoms with van der Waals surface area (Å²) < 4.78 is 5.95. The Labute approximate surface area is 106 Å². The van der Waals surface area contributed by atoms with Gasteiger partial charge in [0.2, 0.25) is 0 Å². The van der Waals surface area contributed by atoms with Gasteiger partial charge in [-0.15, -0.1) is 11.8 Å². The Morgan fingerprint density at radius 2 is 2.31 bits per heavy atom. The molecule has 0 bridgehead atoms. The average Bonchev–Trinajstić information content (AvgIpc) is 2.22. The minimum atomic E-state index is 0.121. The van der Waals surface area contributed by atoms with Crippen molar-refractivity contribution in [1.29, 1.82) is 0 Å². The molecule has 0 amide bonds. The third kappa shape index (κ3) is 2.34. The highest BCUT2D eigenvalue weighted by Crippen LogP contribution is 2.33. The summed E-state index contributed by atoms with van der Waals surface area (Å²) in [6, 6.07) is 5.76. The van der Waals surface area contributed by atoms with Crippen LogP contribution in [0.3, 0.4) is 0 Å². The van der Waals surface area contributed by atoms with Gasteiger partial charge in [-0.2, -0.15) is 0 Å². The number of rotatable bonds is 3. The van der Waals surface area contributed by atoms with Gasteiger partial charge in [-0.05, 0) is 28.1 Å². The van der Waals surface area contributed by atoms with Crippen LogP contribution in [0.4, 0.5) is 0 Å². The highest BCUT2D eigenvalue weighted by atomic mass is 79.9. The van der Waals surface area contributed by atoms with Crippen molar-refractivity contribution in [1.82, 2.24) is 0 Å². The number of amidine groups is 1. The second kappa shape index (κ2) is 5.07. The van der Waals surface area contributed by atoms with Gasteiger partial charge < -0.3 is 15.7 Å². The molecular formula is C10H11BrN2O2S. The molecule has 2 rings (SSSR count). The molecule has 1 aromatic carbocycles. The Hall–Kier alpha value is -0.720. The summed E-state index contributed by atoms with van der Waals surface area (Å²) in [5, 5.41) is 12.3. The van der Waals surface area contributed by atoms with E-state index >= 15 is 0 Å². The highest BCUT2D eigenvalue weighted by molar-refractivity contribution is 9.10. The van der Waals surface area contributed by atoms with Gasteiger partial charge in [-0.1, -0.05) is 11.2 Å². The van der Waals surface area contributed by atoms with Crippen LogP contribution in [-0.2, 0) is 4.74 Å². The van der Waals surface area contributed by atoms with E-state index in [1.807, 2.05) is 18.2 Å². The number of nitrogens with two attached hydrogens (primary N) is 1. The van der Waals surface area contributed by atoms with Crippen LogP contribution in [-0.4, -0.2) is 29.5 Å². The van der Waals surface area contributed by atoms with E-state index in [1.165, 1.54) is 0 Å². The second-order valence-corrected chi connectivity index (χ2v) is 5.57. The third-order valence-corrected chi connectivity index (χ3v) is 4.10. The lowest BCUT2D eigenvalue weighted by molar-refractivity contribution is 0.0455. The van der Waals surface area contributed by atoms with Gasteiger partial charge in [0, 0.05) is 14.9 Å². The summed E-state index contributed by atoms with van der Waals surface area (Å²) in [6.07, 6.45) is 0. The van der Waals surface area contributed by atoms with Crippen LogP contribution >= 0.6 is 27.7 Å². The molecular weight excluding hydrogens is 292 g/mol. The van der Waals surface area contributed by atoms with Crippen LogP contribution in [0.2, 0.25) is 0 Å². The molecule has 1 fully saturated rings. The van der Waals surface area contributed by atoms with Crippen molar-refractivity contribution in [3.8, 4) is 0 Å². The lowest BCUT2D eigenvalue weighted by Crippen LogP contribution is -2.30. The summed E-state index contributed by atoms with van der Waals surface area (Å²) in [4.78, 5) is 0.998. The Bertz CT molecular complexity index is 421. The predicted molar refractivity (Wildman–Crippen MR) is 67.1 cm³/mol. The molecule has 0 saturated carbocycles. The van der Waals surface area contributed by atoms with Crippen LogP contribution < -0.4 is 5.73 Å². The summed E-state index contributed by atoms with van der Waals surface area (Å²) in [5.41, 5.74) is 6.39. The molecule has 1 aliphatic heterocycles. The van der Waals surface area contributed by atoms with Gasteiger partial charge in [0.05, 0.1) is 18.5 Å². The van der Waals surface area contributed by atoms with Gasteiger partial charge in [0.1, 0.15) is 0 Å². The molecule has 0 unspecified atom stereocenters. The Kier molecular flexibility index (Phi) is 3.73. The number of halogens is 1. The van der Waals surface area contributed by atoms with Gasteiger partial charge in [-0.25, -0.2) is 0 Å². The predicted octanol–water partition coefficient (Wildman–Crippen LogP) is 2.03. The minimum absolute atomic E-state index is 0.121. The summed E-state index contributed by atoms with van der Waals surface area (Å²) >= 11 is 5.09. The second-order valence-electron chi connectivity index (χ2n) is 3.38. The molecule has 1 aliphatic rings. The van der Waals surface area contributed by atoms with Gasteiger partial charge in [0.15, 0.2) is 5.84 Å². The summed E-state index contributed by atoms with van der Waals surface area (Å²) in [6.45, 7) is 1.51. The first kappa shape index (κ1) is 11.8. The number of ether oxygens (including phenoxy) is 1. The van der Waals surface area contributed by atoms with Crippen molar-refractivity contribution in [2.75, 3.05) is 13.2 Å². The summed E-state index contributed by atoms with van der Waals surface area (Å²) in [7, 11) is 0. The van der Waals surface area contributed by atoms with E-state index in [4.69, 9.17) is 15.7 Å². The molecule has 4 nitrogen and oxygen atoms in total. The number of benzene rings is 1. The van der Waals surface area contributed by atoms with E-state index in [0.717, 1.165) is 28.1 Å². The van der Waals surface area contributed by atoms with E-state index in [9.17, 15) is 0 Å². The maximum atomic E-state index is 8.75. The first-order valence-electron chi connectivity index (χ1n) is 4.73. The van der Waals surface area contributed by atoms with Gasteiger partial charge in [0.25, 0.3) is 0 Å². The van der Waals surface area contributed by atoms with Crippen LogP contribution in [0.25, 0.3) is 0 Å². The standard InChI is InChI=1S/C10H11BrN2O2S/c11-7-2-1-3-8(9(7)10(12)13-14)16-6-4-15-5-6/h1-3,6,14H,4-5H2,(H2,12,13). The van der Waals surface area contributed by atoms with Crippen LogP contribution in [0.15, 0.2) is 32.7 Å². The number of oxime groups is 1. The van der Waals surface area contributed by atoms with Crippen molar-refractivity contribution in [2.24, 2.45) is 10.9 Å². The molecule has 0 atom stereocenters. The smallest absolute Gasteiger partial charge is 0.172 e. The van der Waals surface area contributed by atoms with E-state index in [1.54, 1.807) is 11.8 Å². The number of hydrogen-bond acceptors (Lipinski definition) is 4. The quantitative estimate of drug-likeness (QED) is 0.388. The lowest BCUT2D eigenvalue weighted by atomic mass is 10.2. The largest absolute Gasteiger partial charge is 0.409 e. The molecule has 6 heteroatoms. The molecule has 1 saturated heterocycles. The highest BCUT2D eigenvalue weighted by Gasteiger charge is 2.22. The first-order chi connectivity index (χ1) is 7.72. The van der Waals surface area contributed by atoms with Gasteiger partial charge in [-0.3, -0.25) is 0 Å². The zero-order valence-corrected chi connectivity index (χ0v) is 10.8. The van der Waals surface area contributed by atoms with E-state index in [2.05, 4.69) is 21.1 Å². The van der Waals surface area contributed by atoms with Crippen molar-refractivity contribution in [3.63, 3.8) is 0 Å². The fourth-order valence-electron chi connectivity index (χ4n) is 1.36. The molecule has 0 aliphatic carbocycles. The molecule has 3 N–H and O–H groups in total. The Balaban J connectivity index is 2.31. The molecule has 16 heavy (non-hydrogen) atoms. The number of hydrogen-bond donors (Lipinski definition) is 2. The molecule has 0 aromatic heterocycles. The lowest BCUT2D eigenvalue weighted by Gasteiger charge is -2.26. The molecule has 0 radical (unpaired) electrons. The average molecular weight is 303 g/mol. The van der Waals surface area contributed by atoms with Crippen LogP contribution in [0.1, 0.15) is 5.56 Å². The number of nitrogens with zero attached hydrogens (tertiary/aromatic N) is 1. The Morgan fingerprint density at radius 3 is 2.88 bits per heavy atom. The Morgan fingerprint density at radius 1 is 1.56 bits per heavy atom. The fraction of sp³-hybridized carbons (Fsp3) is 0.300. The molecule has 1 heterocycles. The minimum Gasteiger partial charge on any atom is -0.409 e.